The maximum atomic E-state index is 11.9. The smallest absolute Gasteiger partial charge is 0.344 e. The quantitative estimate of drug-likeness (QED) is 0.375. The maximum absolute atomic E-state index is 11.9. The predicted molar refractivity (Wildman–Crippen MR) is 118 cm³/mol. The van der Waals surface area contributed by atoms with Gasteiger partial charge in [-0.3, -0.25) is 4.79 Å². The number of fused-ring (bicyclic) bond motifs is 1. The Balaban J connectivity index is 2.00. The van der Waals surface area contributed by atoms with Crippen LogP contribution in [0.2, 0.25) is 0 Å². The zero-order valence-electron chi connectivity index (χ0n) is 16.1. The Hall–Kier alpha value is -3.46. The van der Waals surface area contributed by atoms with E-state index in [1.165, 1.54) is 6.33 Å². The molecule has 0 bridgehead atoms. The molecule has 1 amide bonds. The summed E-state index contributed by atoms with van der Waals surface area (Å²) >= 11 is 3.44. The molecule has 154 valence electrons. The van der Waals surface area contributed by atoms with Crippen molar-refractivity contribution in [3.05, 3.63) is 59.9 Å². The summed E-state index contributed by atoms with van der Waals surface area (Å²) in [5, 5.41) is 6.58. The Morgan fingerprint density at radius 1 is 1.23 bits per heavy atom. The number of hydrogen-bond acceptors (Lipinski definition) is 7. The summed E-state index contributed by atoms with van der Waals surface area (Å²) in [4.78, 5) is 32.2. The Morgan fingerprint density at radius 2 is 2.07 bits per heavy atom. The molecule has 30 heavy (non-hydrogen) atoms. The van der Waals surface area contributed by atoms with E-state index in [1.807, 2.05) is 24.3 Å². The van der Waals surface area contributed by atoms with Crippen LogP contribution in [0.3, 0.4) is 0 Å². The van der Waals surface area contributed by atoms with Crippen molar-refractivity contribution in [3.63, 3.8) is 0 Å². The van der Waals surface area contributed by atoms with Crippen molar-refractivity contribution in [2.75, 3.05) is 23.8 Å². The number of hydrogen-bond donors (Lipinski definition) is 2. The number of esters is 1. The maximum Gasteiger partial charge on any atom is 0.344 e. The van der Waals surface area contributed by atoms with Crippen LogP contribution < -0.4 is 15.4 Å². The van der Waals surface area contributed by atoms with Gasteiger partial charge >= 0.3 is 5.97 Å². The zero-order valence-corrected chi connectivity index (χ0v) is 17.7. The molecule has 3 rings (SSSR count). The number of aromatic nitrogens is 2. The molecule has 0 aliphatic carbocycles. The number of nitrogens with one attached hydrogen (secondary N) is 2. The van der Waals surface area contributed by atoms with Crippen molar-refractivity contribution in [3.8, 4) is 5.75 Å². The molecule has 1 heterocycles. The Bertz CT molecular complexity index is 1100. The average molecular weight is 471 g/mol. The molecule has 8 nitrogen and oxygen atoms in total. The minimum atomic E-state index is -0.515. The minimum absolute atomic E-state index is 0.248. The summed E-state index contributed by atoms with van der Waals surface area (Å²) in [6, 6.07) is 10.9. The van der Waals surface area contributed by atoms with Gasteiger partial charge < -0.3 is 20.1 Å². The van der Waals surface area contributed by atoms with E-state index in [9.17, 15) is 9.59 Å². The second-order valence-electron chi connectivity index (χ2n) is 6.01. The third kappa shape index (κ3) is 5.32. The Labute approximate surface area is 181 Å². The highest BCUT2D eigenvalue weighted by molar-refractivity contribution is 9.10. The van der Waals surface area contributed by atoms with Gasteiger partial charge in [-0.25, -0.2) is 14.8 Å². The summed E-state index contributed by atoms with van der Waals surface area (Å²) < 4.78 is 11.4. The number of benzene rings is 2. The molecule has 3 aromatic rings. The van der Waals surface area contributed by atoms with Gasteiger partial charge in [0.15, 0.2) is 6.61 Å². The lowest BCUT2D eigenvalue weighted by Gasteiger charge is -2.14. The van der Waals surface area contributed by atoms with Gasteiger partial charge in [-0.2, -0.15) is 0 Å². The first-order chi connectivity index (χ1) is 14.5. The summed E-state index contributed by atoms with van der Waals surface area (Å²) in [7, 11) is 0. The number of halogens is 1. The molecule has 0 saturated heterocycles. The fourth-order valence-corrected chi connectivity index (χ4v) is 3.03. The van der Waals surface area contributed by atoms with E-state index >= 15 is 0 Å². The number of carbonyl (C=O) groups is 2. The topological polar surface area (TPSA) is 102 Å². The van der Waals surface area contributed by atoms with E-state index in [0.717, 1.165) is 16.2 Å². The van der Waals surface area contributed by atoms with Gasteiger partial charge in [-0.15, -0.1) is 0 Å². The Kier molecular flexibility index (Phi) is 6.97. The highest BCUT2D eigenvalue weighted by Crippen LogP contribution is 2.33. The van der Waals surface area contributed by atoms with Gasteiger partial charge in [-0.1, -0.05) is 28.6 Å². The van der Waals surface area contributed by atoms with Crippen molar-refractivity contribution < 1.29 is 19.1 Å². The second kappa shape index (κ2) is 9.84. The number of ether oxygens (including phenoxy) is 2. The van der Waals surface area contributed by atoms with Crippen LogP contribution in [0.1, 0.15) is 6.92 Å². The third-order valence-electron chi connectivity index (χ3n) is 3.92. The molecule has 0 fully saturated rings. The van der Waals surface area contributed by atoms with Crippen molar-refractivity contribution in [1.29, 1.82) is 0 Å². The van der Waals surface area contributed by atoms with Gasteiger partial charge in [-0.05, 0) is 37.3 Å². The van der Waals surface area contributed by atoms with Crippen LogP contribution in [-0.4, -0.2) is 35.1 Å². The van der Waals surface area contributed by atoms with Crippen LogP contribution in [0.5, 0.6) is 5.75 Å². The lowest BCUT2D eigenvalue weighted by Crippen LogP contribution is -2.16. The molecular weight excluding hydrogens is 452 g/mol. The van der Waals surface area contributed by atoms with Crippen molar-refractivity contribution in [2.45, 2.75) is 6.92 Å². The second-order valence-corrected chi connectivity index (χ2v) is 6.93. The van der Waals surface area contributed by atoms with Crippen LogP contribution in [0.4, 0.5) is 17.2 Å². The summed E-state index contributed by atoms with van der Waals surface area (Å²) in [5.41, 5.74) is 1.74. The van der Waals surface area contributed by atoms with Gasteiger partial charge in [0.05, 0.1) is 17.8 Å². The molecule has 0 spiro atoms. The highest BCUT2D eigenvalue weighted by Gasteiger charge is 2.14. The average Bonchev–Trinajstić information content (AvgIpc) is 2.73. The number of nitrogens with zero attached hydrogens (tertiary/aromatic N) is 2. The summed E-state index contributed by atoms with van der Waals surface area (Å²) in [6.07, 6.45) is 2.56. The first-order valence-corrected chi connectivity index (χ1v) is 9.82. The predicted octanol–water partition coefficient (Wildman–Crippen LogP) is 4.20. The molecule has 2 aromatic carbocycles. The van der Waals surface area contributed by atoms with Crippen molar-refractivity contribution in [1.82, 2.24) is 9.97 Å². The molecule has 9 heteroatoms. The fourth-order valence-electron chi connectivity index (χ4n) is 2.63. The minimum Gasteiger partial charge on any atom is -0.480 e. The summed E-state index contributed by atoms with van der Waals surface area (Å²) in [6.45, 7) is 5.12. The van der Waals surface area contributed by atoms with E-state index in [2.05, 4.69) is 43.1 Å². The lowest BCUT2D eigenvalue weighted by molar-refractivity contribution is -0.145. The van der Waals surface area contributed by atoms with E-state index in [0.29, 0.717) is 22.4 Å². The van der Waals surface area contributed by atoms with E-state index in [-0.39, 0.29) is 19.0 Å². The molecule has 1 aromatic heterocycles. The molecular formula is C21H19BrN4O4. The first-order valence-electron chi connectivity index (χ1n) is 9.03. The van der Waals surface area contributed by atoms with Crippen molar-refractivity contribution >= 4 is 55.9 Å². The molecule has 0 radical (unpaired) electrons. The SMILES string of the molecule is C=CC(=O)Nc1cc2c(Nc3cccc(Br)c3)ncnc2cc1OCC(=O)OCC. The van der Waals surface area contributed by atoms with Crippen LogP contribution in [-0.2, 0) is 14.3 Å². The van der Waals surface area contributed by atoms with Crippen molar-refractivity contribution in [2.24, 2.45) is 0 Å². The van der Waals surface area contributed by atoms with Gasteiger partial charge in [0.25, 0.3) is 0 Å². The monoisotopic (exact) mass is 470 g/mol. The molecule has 0 saturated carbocycles. The van der Waals surface area contributed by atoms with E-state index in [1.54, 1.807) is 19.1 Å². The van der Waals surface area contributed by atoms with Gasteiger partial charge in [0.2, 0.25) is 5.91 Å². The number of anilines is 3. The number of carbonyl (C=O) groups excluding carboxylic acids is 2. The van der Waals surface area contributed by atoms with Crippen LogP contribution >= 0.6 is 15.9 Å². The van der Waals surface area contributed by atoms with Gasteiger partial charge in [0, 0.05) is 21.6 Å². The van der Waals surface area contributed by atoms with Crippen LogP contribution in [0.15, 0.2) is 59.9 Å². The summed E-state index contributed by atoms with van der Waals surface area (Å²) in [5.74, 6) is -0.117. The molecule has 0 aliphatic rings. The molecule has 0 unspecified atom stereocenters. The lowest BCUT2D eigenvalue weighted by atomic mass is 10.1. The molecule has 2 N–H and O–H groups in total. The van der Waals surface area contributed by atoms with Gasteiger partial charge in [0.1, 0.15) is 17.9 Å². The first kappa shape index (κ1) is 21.3. The fraction of sp³-hybridized carbons (Fsp3) is 0.143. The molecule has 0 aliphatic heterocycles. The largest absolute Gasteiger partial charge is 0.480 e. The van der Waals surface area contributed by atoms with E-state index in [4.69, 9.17) is 9.47 Å². The highest BCUT2D eigenvalue weighted by atomic mass is 79.9. The zero-order chi connectivity index (χ0) is 21.5. The normalized spacial score (nSPS) is 10.3. The third-order valence-corrected chi connectivity index (χ3v) is 4.41. The van der Waals surface area contributed by atoms with Crippen LogP contribution in [0.25, 0.3) is 10.9 Å². The Morgan fingerprint density at radius 3 is 2.80 bits per heavy atom. The van der Waals surface area contributed by atoms with Crippen LogP contribution in [0, 0.1) is 0 Å². The standard InChI is InChI=1S/C21H19BrN4O4/c1-3-19(27)26-17-9-15-16(10-18(17)30-11-20(28)29-4-2)23-12-24-21(15)25-14-7-5-6-13(22)8-14/h3,5-10,12H,1,4,11H2,2H3,(H,26,27)(H,23,24,25). The molecule has 0 atom stereocenters. The van der Waals surface area contributed by atoms with E-state index < -0.39 is 11.9 Å². The number of amides is 1. The number of rotatable bonds is 8.